The number of aliphatic hydroxyl groups is 1. The third-order valence-electron chi connectivity index (χ3n) is 9.48. The van der Waals surface area contributed by atoms with Gasteiger partial charge >= 0.3 is 6.09 Å². The van der Waals surface area contributed by atoms with Gasteiger partial charge in [-0.25, -0.2) is 4.79 Å². The van der Waals surface area contributed by atoms with Crippen LogP contribution in [0.5, 0.6) is 5.75 Å². The van der Waals surface area contributed by atoms with Crippen LogP contribution in [-0.2, 0) is 49.6 Å². The Balaban J connectivity index is 1.36. The number of carbonyl (C=O) groups excluding carboxylic acids is 4. The Kier molecular flexibility index (Phi) is 12.4. The van der Waals surface area contributed by atoms with Gasteiger partial charge in [-0.3, -0.25) is 19.2 Å². The number of amides is 4. The van der Waals surface area contributed by atoms with Gasteiger partial charge in [0.25, 0.3) is 5.91 Å². The number of hydrogen-bond donors (Lipinski definition) is 3. The van der Waals surface area contributed by atoms with Crippen molar-refractivity contribution in [3.8, 4) is 5.75 Å². The maximum absolute atomic E-state index is 14.8. The molecule has 0 bridgehead atoms. The van der Waals surface area contributed by atoms with Crippen LogP contribution < -0.4 is 5.32 Å². The normalized spacial score (nSPS) is 19.0. The van der Waals surface area contributed by atoms with Crippen molar-refractivity contribution >= 4 is 23.8 Å². The molecule has 0 spiro atoms. The first-order valence-electron chi connectivity index (χ1n) is 17.9. The van der Waals surface area contributed by atoms with E-state index in [2.05, 4.69) is 5.32 Å². The molecule has 2 fully saturated rings. The maximum Gasteiger partial charge on any atom is 0.436 e. The first kappa shape index (κ1) is 37.1. The van der Waals surface area contributed by atoms with Crippen LogP contribution in [0.1, 0.15) is 28.7 Å². The number of phenols is 1. The molecule has 53 heavy (non-hydrogen) atoms. The lowest BCUT2D eigenvalue weighted by molar-refractivity contribution is -0.267. The number of rotatable bonds is 14. The Labute approximate surface area is 308 Å². The molecular weight excluding hydrogens is 676 g/mol. The third kappa shape index (κ3) is 9.21. The highest BCUT2D eigenvalue weighted by molar-refractivity contribution is 5.95. The van der Waals surface area contributed by atoms with Crippen LogP contribution in [0.25, 0.3) is 0 Å². The number of carbonyl (C=O) groups is 4. The Morgan fingerprint density at radius 2 is 1.40 bits per heavy atom. The average Bonchev–Trinajstić information content (AvgIpc) is 3.18. The first-order chi connectivity index (χ1) is 25.8. The number of aliphatic hydroxyl groups excluding tert-OH is 1. The van der Waals surface area contributed by atoms with Crippen LogP contribution in [-0.4, -0.2) is 99.5 Å². The second-order valence-corrected chi connectivity index (χ2v) is 13.1. The zero-order valence-electron chi connectivity index (χ0n) is 29.3. The molecule has 2 heterocycles. The van der Waals surface area contributed by atoms with Gasteiger partial charge in [0.05, 0.1) is 13.2 Å². The summed E-state index contributed by atoms with van der Waals surface area (Å²) in [5, 5.41) is 22.9. The summed E-state index contributed by atoms with van der Waals surface area (Å²) in [6.07, 6.45) is -1.98. The smallest absolute Gasteiger partial charge is 0.436 e. The van der Waals surface area contributed by atoms with Gasteiger partial charge in [-0.2, -0.15) is 5.06 Å². The van der Waals surface area contributed by atoms with Crippen LogP contribution in [0.4, 0.5) is 4.79 Å². The van der Waals surface area contributed by atoms with E-state index in [0.717, 1.165) is 27.3 Å². The van der Waals surface area contributed by atoms with E-state index in [4.69, 9.17) is 9.57 Å². The Morgan fingerprint density at radius 3 is 2.02 bits per heavy atom. The van der Waals surface area contributed by atoms with Gasteiger partial charge in [0.15, 0.2) is 12.3 Å². The number of piperazine rings is 1. The van der Waals surface area contributed by atoms with Gasteiger partial charge in [0.2, 0.25) is 11.8 Å². The van der Waals surface area contributed by atoms with E-state index in [0.29, 0.717) is 12.8 Å². The molecule has 4 aromatic carbocycles. The monoisotopic (exact) mass is 720 g/mol. The van der Waals surface area contributed by atoms with E-state index in [9.17, 15) is 29.4 Å². The predicted molar refractivity (Wildman–Crippen MR) is 195 cm³/mol. The van der Waals surface area contributed by atoms with Crippen molar-refractivity contribution in [2.45, 2.75) is 56.5 Å². The molecule has 0 aliphatic carbocycles. The fourth-order valence-corrected chi connectivity index (χ4v) is 6.77. The number of hydroxylamine groups is 2. The van der Waals surface area contributed by atoms with Crippen molar-refractivity contribution in [3.05, 3.63) is 138 Å². The second kappa shape index (κ2) is 17.7. The van der Waals surface area contributed by atoms with Crippen molar-refractivity contribution in [3.63, 3.8) is 0 Å². The number of fused-ring (bicyclic) bond motifs is 1. The van der Waals surface area contributed by atoms with Gasteiger partial charge in [-0.1, -0.05) is 103 Å². The van der Waals surface area contributed by atoms with E-state index in [1.807, 2.05) is 91.0 Å². The lowest BCUT2D eigenvalue weighted by Gasteiger charge is -2.53. The number of aromatic hydroxyl groups is 1. The molecule has 2 aliphatic rings. The van der Waals surface area contributed by atoms with Gasteiger partial charge < -0.3 is 30.1 Å². The molecule has 0 aromatic heterocycles. The fraction of sp³-hybridized carbons (Fsp3) is 0.317. The van der Waals surface area contributed by atoms with Gasteiger partial charge in [-0.15, -0.1) is 0 Å². The molecule has 12 heteroatoms. The number of phenolic OH excluding ortho intramolecular Hbond substituents is 1. The summed E-state index contributed by atoms with van der Waals surface area (Å²) < 4.78 is 5.74. The third-order valence-corrected chi connectivity index (χ3v) is 9.48. The van der Waals surface area contributed by atoms with Crippen molar-refractivity contribution in [1.29, 1.82) is 0 Å². The minimum absolute atomic E-state index is 0.0204. The Morgan fingerprint density at radius 1 is 0.792 bits per heavy atom. The molecule has 12 nitrogen and oxygen atoms in total. The summed E-state index contributed by atoms with van der Waals surface area (Å²) in [4.78, 5) is 66.4. The van der Waals surface area contributed by atoms with Crippen molar-refractivity contribution < 1.29 is 39.0 Å². The predicted octanol–water partition coefficient (Wildman–Crippen LogP) is 3.65. The summed E-state index contributed by atoms with van der Waals surface area (Å²) in [7, 11) is 0. The van der Waals surface area contributed by atoms with Crippen LogP contribution in [0.3, 0.4) is 0 Å². The molecule has 3 N–H and O–H groups in total. The van der Waals surface area contributed by atoms with Crippen LogP contribution in [0.2, 0.25) is 0 Å². The molecule has 4 atom stereocenters. The Bertz CT molecular complexity index is 1830. The summed E-state index contributed by atoms with van der Waals surface area (Å²) >= 11 is 0. The van der Waals surface area contributed by atoms with E-state index in [1.165, 1.54) is 9.80 Å². The molecule has 0 saturated carbocycles. The number of hydrogen-bond acceptors (Lipinski definition) is 8. The topological polar surface area (TPSA) is 149 Å². The lowest BCUT2D eigenvalue weighted by Crippen LogP contribution is -2.75. The largest absolute Gasteiger partial charge is 0.508 e. The van der Waals surface area contributed by atoms with Crippen LogP contribution in [0.15, 0.2) is 115 Å². The van der Waals surface area contributed by atoms with Gasteiger partial charge in [0.1, 0.15) is 17.8 Å². The van der Waals surface area contributed by atoms with Gasteiger partial charge in [0, 0.05) is 38.8 Å². The summed E-state index contributed by atoms with van der Waals surface area (Å²) in [6, 6.07) is 32.3. The first-order valence-corrected chi connectivity index (χ1v) is 17.9. The maximum atomic E-state index is 14.8. The Hall–Kier alpha value is -5.72. The highest BCUT2D eigenvalue weighted by Gasteiger charge is 2.55. The summed E-state index contributed by atoms with van der Waals surface area (Å²) in [5.41, 5.74) is 3.24. The van der Waals surface area contributed by atoms with E-state index in [-0.39, 0.29) is 51.3 Å². The summed E-state index contributed by atoms with van der Waals surface area (Å²) in [5.74, 6) is -1.18. The van der Waals surface area contributed by atoms with Crippen molar-refractivity contribution in [1.82, 2.24) is 20.2 Å². The number of ether oxygens (including phenoxy) is 1. The standard InChI is InChI=1S/C41H44N4O8/c46-23-10-22-42-38(48)34(25-30-11-4-1-5-12-30)43-28-37-44(35(39(43)49)26-31-13-6-2-7-14-31)40(50)36(27-32-15-8-3-9-16-32)53-45(37)41(51)52-24-21-29-17-19-33(47)20-18-29/h1-9,11-20,34-37,46-47H,10,21-28H2,(H,42,48)/t34-,35-,36+,37?/m0/s1. The highest BCUT2D eigenvalue weighted by atomic mass is 16.7. The minimum Gasteiger partial charge on any atom is -0.508 e. The number of nitrogens with one attached hydrogen (secondary N) is 1. The molecule has 4 aromatic rings. The zero-order valence-corrected chi connectivity index (χ0v) is 29.3. The van der Waals surface area contributed by atoms with Crippen LogP contribution in [0, 0.1) is 0 Å². The molecule has 6 rings (SSSR count). The van der Waals surface area contributed by atoms with E-state index < -0.39 is 48.2 Å². The minimum atomic E-state index is -1.14. The molecule has 2 aliphatic heterocycles. The molecule has 1 unspecified atom stereocenters. The molecule has 0 radical (unpaired) electrons. The molecular formula is C41H44N4O8. The number of benzene rings is 4. The highest BCUT2D eigenvalue weighted by Crippen LogP contribution is 2.32. The lowest BCUT2D eigenvalue weighted by atomic mass is 9.94. The van der Waals surface area contributed by atoms with Gasteiger partial charge in [-0.05, 0) is 40.8 Å². The van der Waals surface area contributed by atoms with Crippen molar-refractivity contribution in [2.75, 3.05) is 26.3 Å². The second-order valence-electron chi connectivity index (χ2n) is 13.1. The molecule has 4 amide bonds. The fourth-order valence-electron chi connectivity index (χ4n) is 6.77. The van der Waals surface area contributed by atoms with Crippen LogP contribution >= 0.6 is 0 Å². The quantitative estimate of drug-likeness (QED) is 0.167. The van der Waals surface area contributed by atoms with Crippen molar-refractivity contribution in [2.24, 2.45) is 0 Å². The average molecular weight is 721 g/mol. The van der Waals surface area contributed by atoms with E-state index >= 15 is 0 Å². The zero-order chi connectivity index (χ0) is 37.2. The van der Waals surface area contributed by atoms with E-state index in [1.54, 1.807) is 24.3 Å². The molecule has 2 saturated heterocycles. The molecule has 276 valence electrons. The summed E-state index contributed by atoms with van der Waals surface area (Å²) in [6.45, 7) is -0.150. The number of nitrogens with zero attached hydrogens (tertiary/aromatic N) is 3. The SMILES string of the molecule is O=C(NCCCO)[C@H](Cc1ccccc1)N1CC2N(C(=O)OCCc3ccc(O)cc3)O[C@H](Cc3ccccc3)C(=O)N2[C@@H](Cc2ccccc2)C1=O.